The van der Waals surface area contributed by atoms with Crippen molar-refractivity contribution < 1.29 is 5.11 Å². The van der Waals surface area contributed by atoms with Crippen LogP contribution >= 0.6 is 0 Å². The summed E-state index contributed by atoms with van der Waals surface area (Å²) >= 11 is 0. The molecular weight excluding hydrogens is 162 g/mol. The van der Waals surface area contributed by atoms with Gasteiger partial charge < -0.3 is 5.11 Å². The third-order valence-electron chi connectivity index (χ3n) is 1.68. The third-order valence-corrected chi connectivity index (χ3v) is 1.68. The standard InChI is InChI=1S/C11H12NO/c1-3-4-5-11-10(8-13)6-9(2)7-12-11/h3-7H,1,8H2,2H3/q-1/b5-4-. The Labute approximate surface area is 78.3 Å². The van der Waals surface area contributed by atoms with Gasteiger partial charge in [-0.05, 0) is 24.1 Å². The van der Waals surface area contributed by atoms with E-state index >= 15 is 0 Å². The molecule has 0 N–H and O–H groups in total. The summed E-state index contributed by atoms with van der Waals surface area (Å²) in [7, 11) is 0. The third kappa shape index (κ3) is 2.53. The molecule has 1 aromatic rings. The van der Waals surface area contributed by atoms with Gasteiger partial charge >= 0.3 is 0 Å². The molecule has 0 saturated heterocycles. The zero-order valence-electron chi connectivity index (χ0n) is 7.66. The number of aryl methyl sites for hydroxylation is 1. The first-order valence-electron chi connectivity index (χ1n) is 4.10. The predicted molar refractivity (Wildman–Crippen MR) is 51.9 cm³/mol. The van der Waals surface area contributed by atoms with Crippen LogP contribution in [0, 0.1) is 6.92 Å². The molecule has 0 aliphatic carbocycles. The molecule has 1 heterocycles. The summed E-state index contributed by atoms with van der Waals surface area (Å²) in [6, 6.07) is 1.86. The van der Waals surface area contributed by atoms with Gasteiger partial charge in [0.25, 0.3) is 0 Å². The van der Waals surface area contributed by atoms with E-state index in [1.165, 1.54) is 0 Å². The van der Waals surface area contributed by atoms with E-state index in [1.807, 2.05) is 13.0 Å². The molecular formula is C11H12NO-. The molecule has 0 atom stereocenters. The highest BCUT2D eigenvalue weighted by Gasteiger charge is 1.95. The van der Waals surface area contributed by atoms with Crippen molar-refractivity contribution in [3.05, 3.63) is 47.8 Å². The average molecular weight is 174 g/mol. The van der Waals surface area contributed by atoms with Crippen molar-refractivity contribution in [3.63, 3.8) is 0 Å². The summed E-state index contributed by atoms with van der Waals surface area (Å²) in [5, 5.41) is 10.8. The van der Waals surface area contributed by atoms with Gasteiger partial charge in [0.1, 0.15) is 0 Å². The lowest BCUT2D eigenvalue weighted by molar-refractivity contribution is -0.386. The van der Waals surface area contributed by atoms with Crippen molar-refractivity contribution in [1.29, 1.82) is 0 Å². The molecule has 0 unspecified atom stereocenters. The van der Waals surface area contributed by atoms with E-state index in [0.29, 0.717) is 0 Å². The number of nitrogens with zero attached hydrogens (tertiary/aromatic N) is 1. The fraction of sp³-hybridized carbons (Fsp3) is 0.182. The van der Waals surface area contributed by atoms with E-state index < -0.39 is 0 Å². The van der Waals surface area contributed by atoms with Gasteiger partial charge in [-0.15, -0.1) is 6.61 Å². The second-order valence-electron chi connectivity index (χ2n) is 2.80. The maximum absolute atomic E-state index is 10.8. The van der Waals surface area contributed by atoms with Crippen molar-refractivity contribution in [2.45, 2.75) is 13.5 Å². The van der Waals surface area contributed by atoms with Crippen LogP contribution in [0.1, 0.15) is 16.8 Å². The van der Waals surface area contributed by atoms with Crippen LogP contribution < -0.4 is 5.11 Å². The molecule has 0 saturated carbocycles. The molecule has 0 amide bonds. The van der Waals surface area contributed by atoms with Crippen LogP contribution in [0.25, 0.3) is 6.08 Å². The van der Waals surface area contributed by atoms with Gasteiger partial charge in [0.05, 0.1) is 5.69 Å². The van der Waals surface area contributed by atoms with Crippen molar-refractivity contribution >= 4 is 6.08 Å². The molecule has 0 fully saturated rings. The zero-order chi connectivity index (χ0) is 9.68. The Bertz CT molecular complexity index is 329. The zero-order valence-corrected chi connectivity index (χ0v) is 7.66. The van der Waals surface area contributed by atoms with Crippen molar-refractivity contribution in [1.82, 2.24) is 4.98 Å². The lowest BCUT2D eigenvalue weighted by Gasteiger charge is -2.08. The highest BCUT2D eigenvalue weighted by molar-refractivity contribution is 5.51. The van der Waals surface area contributed by atoms with Gasteiger partial charge in [-0.3, -0.25) is 4.98 Å². The Morgan fingerprint density at radius 3 is 3.00 bits per heavy atom. The van der Waals surface area contributed by atoms with Gasteiger partial charge in [-0.25, -0.2) is 0 Å². The van der Waals surface area contributed by atoms with Crippen molar-refractivity contribution in [2.24, 2.45) is 0 Å². The number of pyridine rings is 1. The number of rotatable bonds is 3. The van der Waals surface area contributed by atoms with Crippen molar-refractivity contribution in [3.8, 4) is 0 Å². The van der Waals surface area contributed by atoms with Crippen LogP contribution in [0.5, 0.6) is 0 Å². The lowest BCUT2D eigenvalue weighted by Crippen LogP contribution is -2.05. The average Bonchev–Trinajstić information content (AvgIpc) is 2.16. The first kappa shape index (κ1) is 9.68. The van der Waals surface area contributed by atoms with E-state index in [-0.39, 0.29) is 6.61 Å². The van der Waals surface area contributed by atoms with Gasteiger partial charge in [-0.2, -0.15) is 0 Å². The number of aromatic nitrogens is 1. The first-order valence-corrected chi connectivity index (χ1v) is 4.10. The van der Waals surface area contributed by atoms with Gasteiger partial charge in [0.15, 0.2) is 0 Å². The highest BCUT2D eigenvalue weighted by atomic mass is 16.3. The summed E-state index contributed by atoms with van der Waals surface area (Å²) in [6.45, 7) is 5.25. The SMILES string of the molecule is C=C/C=C\c1ncc(C)cc1C[O-]. The Balaban J connectivity index is 3.05. The summed E-state index contributed by atoms with van der Waals surface area (Å²) in [5.74, 6) is 0. The Kier molecular flexibility index (Phi) is 3.41. The topological polar surface area (TPSA) is 36.0 Å². The molecule has 68 valence electrons. The quantitative estimate of drug-likeness (QED) is 0.650. The molecule has 1 rings (SSSR count). The van der Waals surface area contributed by atoms with Crippen LogP contribution in [-0.4, -0.2) is 4.98 Å². The summed E-state index contributed by atoms with van der Waals surface area (Å²) in [5.41, 5.74) is 2.49. The van der Waals surface area contributed by atoms with Gasteiger partial charge in [0.2, 0.25) is 0 Å². The van der Waals surface area contributed by atoms with E-state index in [9.17, 15) is 5.11 Å². The normalized spacial score (nSPS) is 10.6. The molecule has 0 bridgehead atoms. The molecule has 2 heteroatoms. The van der Waals surface area contributed by atoms with Crippen LogP contribution in [0.4, 0.5) is 0 Å². The number of allylic oxidation sites excluding steroid dienone is 2. The minimum atomic E-state index is -0.231. The first-order chi connectivity index (χ1) is 6.27. The fourth-order valence-electron chi connectivity index (χ4n) is 1.07. The van der Waals surface area contributed by atoms with Crippen LogP contribution in [0.15, 0.2) is 31.0 Å². The molecule has 0 aliphatic heterocycles. The monoisotopic (exact) mass is 174 g/mol. The van der Waals surface area contributed by atoms with Crippen LogP contribution in [-0.2, 0) is 6.61 Å². The van der Waals surface area contributed by atoms with Crippen molar-refractivity contribution in [2.75, 3.05) is 0 Å². The maximum atomic E-state index is 10.8. The van der Waals surface area contributed by atoms with E-state index in [2.05, 4.69) is 11.6 Å². The van der Waals surface area contributed by atoms with Crippen LogP contribution in [0.3, 0.4) is 0 Å². The predicted octanol–water partition coefficient (Wildman–Crippen LogP) is 1.45. The van der Waals surface area contributed by atoms with E-state index in [1.54, 1.807) is 24.4 Å². The molecule has 0 radical (unpaired) electrons. The molecule has 13 heavy (non-hydrogen) atoms. The molecule has 2 nitrogen and oxygen atoms in total. The Morgan fingerprint density at radius 2 is 2.38 bits per heavy atom. The fourth-order valence-corrected chi connectivity index (χ4v) is 1.07. The summed E-state index contributed by atoms with van der Waals surface area (Å²) < 4.78 is 0. The second kappa shape index (κ2) is 4.58. The highest BCUT2D eigenvalue weighted by Crippen LogP contribution is 2.09. The van der Waals surface area contributed by atoms with E-state index in [0.717, 1.165) is 16.8 Å². The summed E-state index contributed by atoms with van der Waals surface area (Å²) in [6.07, 6.45) is 6.98. The smallest absolute Gasteiger partial charge is 0.0648 e. The van der Waals surface area contributed by atoms with Gasteiger partial charge in [-0.1, -0.05) is 24.8 Å². The maximum Gasteiger partial charge on any atom is 0.0648 e. The molecule has 0 spiro atoms. The Hall–Kier alpha value is -1.41. The Morgan fingerprint density at radius 1 is 1.62 bits per heavy atom. The minimum absolute atomic E-state index is 0.231. The number of hydrogen-bond donors (Lipinski definition) is 0. The van der Waals surface area contributed by atoms with Crippen LogP contribution in [0.2, 0.25) is 0 Å². The molecule has 1 aromatic heterocycles. The number of hydrogen-bond acceptors (Lipinski definition) is 2. The van der Waals surface area contributed by atoms with E-state index in [4.69, 9.17) is 0 Å². The lowest BCUT2D eigenvalue weighted by atomic mass is 10.1. The second-order valence-corrected chi connectivity index (χ2v) is 2.80. The largest absolute Gasteiger partial charge is 0.851 e. The molecule has 0 aliphatic rings. The molecule has 0 aromatic carbocycles. The van der Waals surface area contributed by atoms with Gasteiger partial charge in [0, 0.05) is 6.20 Å². The minimum Gasteiger partial charge on any atom is -0.851 e. The summed E-state index contributed by atoms with van der Waals surface area (Å²) in [4.78, 5) is 4.15.